The molecule has 0 aliphatic rings. The Morgan fingerprint density at radius 1 is 1.18 bits per heavy atom. The van der Waals surface area contributed by atoms with Crippen LogP contribution in [-0.4, -0.2) is 0 Å². The maximum Gasteiger partial charge on any atom is 0.159 e. The van der Waals surface area contributed by atoms with E-state index >= 15 is 0 Å². The van der Waals surface area contributed by atoms with E-state index in [-0.39, 0.29) is 5.56 Å². The second kappa shape index (κ2) is 2.95. The van der Waals surface area contributed by atoms with Gasteiger partial charge in [0.2, 0.25) is 0 Å². The molecule has 0 spiro atoms. The molecule has 0 N–H and O–H groups in total. The largest absolute Gasteiger partial charge is 0.246 e. The first-order valence-electron chi connectivity index (χ1n) is 3.15. The van der Waals surface area contributed by atoms with E-state index in [0.717, 1.165) is 12.1 Å². The Bertz CT molecular complexity index is 268. The summed E-state index contributed by atoms with van der Waals surface area (Å²) in [6.07, 6.45) is 0. The van der Waals surface area contributed by atoms with Gasteiger partial charge in [-0.15, -0.1) is 0 Å². The van der Waals surface area contributed by atoms with E-state index in [9.17, 15) is 13.2 Å². The van der Waals surface area contributed by atoms with Crippen molar-refractivity contribution < 1.29 is 13.2 Å². The molecule has 0 radical (unpaired) electrons. The first-order valence-corrected chi connectivity index (χ1v) is 3.15. The van der Waals surface area contributed by atoms with Gasteiger partial charge < -0.3 is 0 Å². The fourth-order valence-corrected chi connectivity index (χ4v) is 0.831. The average molecular weight is 160 g/mol. The molecule has 0 amide bonds. The molecule has 1 aromatic carbocycles. The van der Waals surface area contributed by atoms with E-state index < -0.39 is 18.3 Å². The van der Waals surface area contributed by atoms with Gasteiger partial charge in [-0.1, -0.05) is 0 Å². The van der Waals surface area contributed by atoms with Crippen LogP contribution in [0.4, 0.5) is 13.2 Å². The highest BCUT2D eigenvalue weighted by Gasteiger charge is 2.05. The van der Waals surface area contributed by atoms with Crippen LogP contribution in [0, 0.1) is 18.6 Å². The monoisotopic (exact) mass is 160 g/mol. The highest BCUT2D eigenvalue weighted by Crippen LogP contribution is 2.14. The quantitative estimate of drug-likeness (QED) is 0.592. The minimum atomic E-state index is -0.997. The third-order valence-corrected chi connectivity index (χ3v) is 1.52. The molecule has 60 valence electrons. The number of hydrogen-bond donors (Lipinski definition) is 0. The van der Waals surface area contributed by atoms with Crippen molar-refractivity contribution >= 4 is 0 Å². The normalized spacial score (nSPS) is 10.2. The second-order valence-electron chi connectivity index (χ2n) is 2.33. The number of benzene rings is 1. The molecule has 1 rings (SSSR count). The van der Waals surface area contributed by atoms with Crippen LogP contribution in [0.1, 0.15) is 11.1 Å². The fraction of sp³-hybridized carbons (Fsp3) is 0.250. The van der Waals surface area contributed by atoms with Crippen molar-refractivity contribution in [1.82, 2.24) is 0 Å². The molecule has 11 heavy (non-hydrogen) atoms. The van der Waals surface area contributed by atoms with E-state index in [1.54, 1.807) is 0 Å². The molecule has 0 atom stereocenters. The highest BCUT2D eigenvalue weighted by atomic mass is 19.2. The summed E-state index contributed by atoms with van der Waals surface area (Å²) in [6.45, 7) is 0.778. The van der Waals surface area contributed by atoms with E-state index in [1.165, 1.54) is 6.92 Å². The van der Waals surface area contributed by atoms with Crippen LogP contribution >= 0.6 is 0 Å². The predicted molar refractivity (Wildman–Crippen MR) is 35.9 cm³/mol. The van der Waals surface area contributed by atoms with E-state index in [4.69, 9.17) is 0 Å². The summed E-state index contributed by atoms with van der Waals surface area (Å²) in [6, 6.07) is 1.87. The number of hydrogen-bond acceptors (Lipinski definition) is 0. The zero-order chi connectivity index (χ0) is 8.43. The Morgan fingerprint density at radius 3 is 2.27 bits per heavy atom. The molecule has 0 fully saturated rings. The standard InChI is InChI=1S/C8H7F3/c1-5-2-7(10)8(11)3-6(5)4-9/h2-3H,4H2,1H3. The molecule has 0 unspecified atom stereocenters. The lowest BCUT2D eigenvalue weighted by atomic mass is 10.1. The highest BCUT2D eigenvalue weighted by molar-refractivity contribution is 5.26. The molecule has 0 aliphatic carbocycles. The average Bonchev–Trinajstić information content (AvgIpc) is 1.97. The van der Waals surface area contributed by atoms with Crippen LogP contribution < -0.4 is 0 Å². The Labute approximate surface area is 62.7 Å². The summed E-state index contributed by atoms with van der Waals surface area (Å²) in [7, 11) is 0. The van der Waals surface area contributed by atoms with E-state index in [0.29, 0.717) is 5.56 Å². The molecular weight excluding hydrogens is 153 g/mol. The first kappa shape index (κ1) is 8.11. The maximum absolute atomic E-state index is 12.4. The van der Waals surface area contributed by atoms with Crippen LogP contribution in [-0.2, 0) is 6.67 Å². The van der Waals surface area contributed by atoms with Crippen molar-refractivity contribution in [2.24, 2.45) is 0 Å². The van der Waals surface area contributed by atoms with Crippen molar-refractivity contribution in [3.05, 3.63) is 34.9 Å². The Morgan fingerprint density at radius 2 is 1.73 bits per heavy atom. The predicted octanol–water partition coefficient (Wildman–Crippen LogP) is 2.74. The van der Waals surface area contributed by atoms with Gasteiger partial charge in [0, 0.05) is 0 Å². The lowest BCUT2D eigenvalue weighted by molar-refractivity contribution is 0.470. The van der Waals surface area contributed by atoms with Gasteiger partial charge in [0.05, 0.1) is 0 Å². The Hall–Kier alpha value is -0.990. The van der Waals surface area contributed by atoms with Gasteiger partial charge in [0.1, 0.15) is 6.67 Å². The smallest absolute Gasteiger partial charge is 0.159 e. The van der Waals surface area contributed by atoms with Crippen LogP contribution in [0.2, 0.25) is 0 Å². The van der Waals surface area contributed by atoms with Crippen molar-refractivity contribution in [3.8, 4) is 0 Å². The molecule has 0 bridgehead atoms. The van der Waals surface area contributed by atoms with Crippen molar-refractivity contribution in [3.63, 3.8) is 0 Å². The van der Waals surface area contributed by atoms with E-state index in [2.05, 4.69) is 0 Å². The molecule has 0 nitrogen and oxygen atoms in total. The van der Waals surface area contributed by atoms with Crippen LogP contribution in [0.3, 0.4) is 0 Å². The van der Waals surface area contributed by atoms with E-state index in [1.807, 2.05) is 0 Å². The lowest BCUT2D eigenvalue weighted by Gasteiger charge is -2.00. The lowest BCUT2D eigenvalue weighted by Crippen LogP contribution is -1.91. The molecule has 0 heterocycles. The van der Waals surface area contributed by atoms with Gasteiger partial charge >= 0.3 is 0 Å². The van der Waals surface area contributed by atoms with Gasteiger partial charge in [-0.25, -0.2) is 13.2 Å². The molecule has 1 aromatic rings. The summed E-state index contributed by atoms with van der Waals surface area (Å²) in [5.41, 5.74) is 0.635. The van der Waals surface area contributed by atoms with Gasteiger partial charge in [-0.3, -0.25) is 0 Å². The zero-order valence-corrected chi connectivity index (χ0v) is 6.00. The Balaban J connectivity index is 3.21. The number of aryl methyl sites for hydroxylation is 1. The van der Waals surface area contributed by atoms with Gasteiger partial charge in [-0.2, -0.15) is 0 Å². The topological polar surface area (TPSA) is 0 Å². The molecule has 3 heteroatoms. The number of rotatable bonds is 1. The maximum atomic E-state index is 12.4. The zero-order valence-electron chi connectivity index (χ0n) is 6.00. The van der Waals surface area contributed by atoms with Crippen molar-refractivity contribution in [1.29, 1.82) is 0 Å². The minimum Gasteiger partial charge on any atom is -0.246 e. The van der Waals surface area contributed by atoms with Crippen LogP contribution in [0.15, 0.2) is 12.1 Å². The molecule has 0 aromatic heterocycles. The molecule has 0 saturated carbocycles. The summed E-state index contributed by atoms with van der Waals surface area (Å²) in [5.74, 6) is -1.93. The number of alkyl halides is 1. The van der Waals surface area contributed by atoms with Gasteiger partial charge in [-0.05, 0) is 30.2 Å². The minimum absolute atomic E-state index is 0.198. The third kappa shape index (κ3) is 1.53. The fourth-order valence-electron chi connectivity index (χ4n) is 0.831. The summed E-state index contributed by atoms with van der Waals surface area (Å²) < 4.78 is 36.8. The van der Waals surface area contributed by atoms with Crippen LogP contribution in [0.25, 0.3) is 0 Å². The number of halogens is 3. The summed E-state index contributed by atoms with van der Waals surface area (Å²) in [5, 5.41) is 0. The second-order valence-corrected chi connectivity index (χ2v) is 2.33. The molecule has 0 aliphatic heterocycles. The third-order valence-electron chi connectivity index (χ3n) is 1.52. The van der Waals surface area contributed by atoms with Gasteiger partial charge in [0.25, 0.3) is 0 Å². The van der Waals surface area contributed by atoms with Crippen LogP contribution in [0.5, 0.6) is 0 Å². The molecule has 0 saturated heterocycles. The molecular formula is C8H7F3. The summed E-state index contributed by atoms with van der Waals surface area (Å²) in [4.78, 5) is 0. The summed E-state index contributed by atoms with van der Waals surface area (Å²) >= 11 is 0. The first-order chi connectivity index (χ1) is 5.15. The SMILES string of the molecule is Cc1cc(F)c(F)cc1CF. The Kier molecular flexibility index (Phi) is 2.17. The van der Waals surface area contributed by atoms with Crippen molar-refractivity contribution in [2.75, 3.05) is 0 Å². The van der Waals surface area contributed by atoms with Gasteiger partial charge in [0.15, 0.2) is 11.6 Å². The van der Waals surface area contributed by atoms with Crippen molar-refractivity contribution in [2.45, 2.75) is 13.6 Å².